The number of likely N-dealkylation sites (N-methyl/N-ethyl adjacent to an activating group) is 2. The van der Waals surface area contributed by atoms with Gasteiger partial charge in [0.15, 0.2) is 0 Å². The highest BCUT2D eigenvalue weighted by Crippen LogP contribution is 2.27. The Morgan fingerprint density at radius 2 is 1.89 bits per heavy atom. The molecule has 0 bridgehead atoms. The van der Waals surface area contributed by atoms with E-state index in [0.717, 1.165) is 24.5 Å². The standard InChI is InChI=1S/C14H26N4O/c1-10(2)19-14-12(15)9-11(3)13(16-14)18(6)8-7-17(4)5/h9-10H,7-8,15H2,1-6H3. The zero-order chi connectivity index (χ0) is 14.6. The Morgan fingerprint density at radius 1 is 1.26 bits per heavy atom. The average molecular weight is 266 g/mol. The zero-order valence-corrected chi connectivity index (χ0v) is 12.9. The zero-order valence-electron chi connectivity index (χ0n) is 12.9. The third-order valence-corrected chi connectivity index (χ3v) is 2.77. The average Bonchev–Trinajstić information content (AvgIpc) is 2.29. The van der Waals surface area contributed by atoms with Crippen LogP contribution in [-0.2, 0) is 0 Å². The van der Waals surface area contributed by atoms with E-state index in [0.29, 0.717) is 11.6 Å². The van der Waals surface area contributed by atoms with Gasteiger partial charge in [-0.05, 0) is 46.5 Å². The Labute approximate surface area is 116 Å². The lowest BCUT2D eigenvalue weighted by molar-refractivity contribution is 0.234. The fourth-order valence-corrected chi connectivity index (χ4v) is 1.77. The van der Waals surface area contributed by atoms with Gasteiger partial charge in [-0.25, -0.2) is 0 Å². The molecule has 5 nitrogen and oxygen atoms in total. The number of ether oxygens (including phenoxy) is 1. The molecule has 0 unspecified atom stereocenters. The highest BCUT2D eigenvalue weighted by atomic mass is 16.5. The normalized spacial score (nSPS) is 11.2. The lowest BCUT2D eigenvalue weighted by Gasteiger charge is -2.23. The molecule has 1 aromatic rings. The Kier molecular flexibility index (Phi) is 5.42. The predicted octanol–water partition coefficient (Wildman–Crippen LogP) is 1.76. The van der Waals surface area contributed by atoms with E-state index >= 15 is 0 Å². The van der Waals surface area contributed by atoms with E-state index in [4.69, 9.17) is 10.5 Å². The van der Waals surface area contributed by atoms with Gasteiger partial charge in [-0.1, -0.05) is 0 Å². The van der Waals surface area contributed by atoms with Crippen molar-refractivity contribution >= 4 is 11.5 Å². The van der Waals surface area contributed by atoms with Crippen molar-refractivity contribution in [2.45, 2.75) is 26.9 Å². The van der Waals surface area contributed by atoms with Crippen LogP contribution in [0.15, 0.2) is 6.07 Å². The number of rotatable bonds is 6. The second-order valence-electron chi connectivity index (χ2n) is 5.41. The van der Waals surface area contributed by atoms with Gasteiger partial charge in [0, 0.05) is 20.1 Å². The van der Waals surface area contributed by atoms with Crippen LogP contribution < -0.4 is 15.4 Å². The van der Waals surface area contributed by atoms with Crippen molar-refractivity contribution in [1.82, 2.24) is 9.88 Å². The molecule has 0 aliphatic heterocycles. The van der Waals surface area contributed by atoms with E-state index in [1.54, 1.807) is 0 Å². The van der Waals surface area contributed by atoms with Gasteiger partial charge in [-0.2, -0.15) is 4.98 Å². The van der Waals surface area contributed by atoms with Crippen LogP contribution in [0.5, 0.6) is 5.88 Å². The van der Waals surface area contributed by atoms with Gasteiger partial charge in [-0.3, -0.25) is 0 Å². The number of aryl methyl sites for hydroxylation is 1. The van der Waals surface area contributed by atoms with Crippen molar-refractivity contribution in [2.24, 2.45) is 0 Å². The number of nitrogen functional groups attached to an aromatic ring is 1. The minimum Gasteiger partial charge on any atom is -0.473 e. The quantitative estimate of drug-likeness (QED) is 0.850. The second kappa shape index (κ2) is 6.61. The molecule has 0 aliphatic carbocycles. The topological polar surface area (TPSA) is 54.6 Å². The molecular formula is C14H26N4O. The van der Waals surface area contributed by atoms with E-state index < -0.39 is 0 Å². The van der Waals surface area contributed by atoms with Crippen molar-refractivity contribution in [3.63, 3.8) is 0 Å². The lowest BCUT2D eigenvalue weighted by atomic mass is 10.2. The Hall–Kier alpha value is -1.49. The summed E-state index contributed by atoms with van der Waals surface area (Å²) in [6.07, 6.45) is 0.0671. The summed E-state index contributed by atoms with van der Waals surface area (Å²) in [4.78, 5) is 8.82. The first-order valence-corrected chi connectivity index (χ1v) is 6.61. The molecule has 0 spiro atoms. The summed E-state index contributed by atoms with van der Waals surface area (Å²) in [6.45, 7) is 7.84. The molecule has 1 aromatic heterocycles. The van der Waals surface area contributed by atoms with Crippen LogP contribution in [0.4, 0.5) is 11.5 Å². The summed E-state index contributed by atoms with van der Waals surface area (Å²) < 4.78 is 5.64. The summed E-state index contributed by atoms with van der Waals surface area (Å²) in [5.74, 6) is 1.44. The number of aromatic nitrogens is 1. The van der Waals surface area contributed by atoms with Crippen LogP contribution in [0, 0.1) is 6.92 Å². The number of anilines is 2. The fourth-order valence-electron chi connectivity index (χ4n) is 1.77. The van der Waals surface area contributed by atoms with Gasteiger partial charge in [0.2, 0.25) is 5.88 Å². The molecule has 0 atom stereocenters. The van der Waals surface area contributed by atoms with Crippen LogP contribution in [0.25, 0.3) is 0 Å². The second-order valence-corrected chi connectivity index (χ2v) is 5.41. The number of nitrogens with zero attached hydrogens (tertiary/aromatic N) is 3. The Morgan fingerprint density at radius 3 is 2.42 bits per heavy atom. The van der Waals surface area contributed by atoms with Crippen molar-refractivity contribution < 1.29 is 4.74 Å². The van der Waals surface area contributed by atoms with E-state index in [2.05, 4.69) is 28.9 Å². The van der Waals surface area contributed by atoms with Crippen molar-refractivity contribution in [3.8, 4) is 5.88 Å². The molecule has 1 heterocycles. The van der Waals surface area contributed by atoms with Crippen molar-refractivity contribution in [2.75, 3.05) is 44.9 Å². The van der Waals surface area contributed by atoms with Gasteiger partial charge >= 0.3 is 0 Å². The maximum atomic E-state index is 5.95. The lowest BCUT2D eigenvalue weighted by Crippen LogP contribution is -2.29. The molecule has 2 N–H and O–H groups in total. The van der Waals surface area contributed by atoms with Crippen LogP contribution in [-0.4, -0.2) is 50.2 Å². The predicted molar refractivity (Wildman–Crippen MR) is 81.0 cm³/mol. The summed E-state index contributed by atoms with van der Waals surface area (Å²) in [7, 11) is 6.16. The van der Waals surface area contributed by atoms with Gasteiger partial charge in [0.1, 0.15) is 5.82 Å². The molecule has 0 saturated carbocycles. The van der Waals surface area contributed by atoms with Gasteiger partial charge in [0.25, 0.3) is 0 Å². The Bertz CT molecular complexity index is 418. The molecule has 19 heavy (non-hydrogen) atoms. The molecule has 0 aliphatic rings. The molecule has 1 rings (SSSR count). The minimum absolute atomic E-state index is 0.0671. The minimum atomic E-state index is 0.0671. The van der Waals surface area contributed by atoms with Crippen LogP contribution >= 0.6 is 0 Å². The van der Waals surface area contributed by atoms with Crippen molar-refractivity contribution in [1.29, 1.82) is 0 Å². The molecule has 108 valence electrons. The number of pyridine rings is 1. The van der Waals surface area contributed by atoms with Gasteiger partial charge < -0.3 is 20.3 Å². The van der Waals surface area contributed by atoms with Gasteiger partial charge in [-0.15, -0.1) is 0 Å². The maximum Gasteiger partial charge on any atom is 0.239 e. The highest BCUT2D eigenvalue weighted by Gasteiger charge is 2.13. The summed E-state index contributed by atoms with van der Waals surface area (Å²) >= 11 is 0. The fraction of sp³-hybridized carbons (Fsp3) is 0.643. The van der Waals surface area contributed by atoms with E-state index in [1.165, 1.54) is 0 Å². The first kappa shape index (κ1) is 15.6. The van der Waals surface area contributed by atoms with E-state index in [-0.39, 0.29) is 6.10 Å². The third-order valence-electron chi connectivity index (χ3n) is 2.77. The molecule has 0 amide bonds. The van der Waals surface area contributed by atoms with Crippen LogP contribution in [0.1, 0.15) is 19.4 Å². The number of hydrogen-bond acceptors (Lipinski definition) is 5. The molecular weight excluding hydrogens is 240 g/mol. The number of nitrogens with two attached hydrogens (primary N) is 1. The largest absolute Gasteiger partial charge is 0.473 e. The first-order chi connectivity index (χ1) is 8.81. The summed E-state index contributed by atoms with van der Waals surface area (Å²) in [6, 6.07) is 1.92. The van der Waals surface area contributed by atoms with Gasteiger partial charge in [0.05, 0.1) is 11.8 Å². The molecule has 0 fully saturated rings. The van der Waals surface area contributed by atoms with Crippen LogP contribution in [0.2, 0.25) is 0 Å². The Balaban J connectivity index is 2.93. The SMILES string of the molecule is Cc1cc(N)c(OC(C)C)nc1N(C)CCN(C)C. The third kappa shape index (κ3) is 4.59. The summed E-state index contributed by atoms with van der Waals surface area (Å²) in [5, 5.41) is 0. The summed E-state index contributed by atoms with van der Waals surface area (Å²) in [5.41, 5.74) is 7.60. The molecule has 0 aromatic carbocycles. The van der Waals surface area contributed by atoms with E-state index in [1.807, 2.05) is 33.9 Å². The smallest absolute Gasteiger partial charge is 0.239 e. The molecule has 0 radical (unpaired) electrons. The molecule has 0 saturated heterocycles. The maximum absolute atomic E-state index is 5.95. The first-order valence-electron chi connectivity index (χ1n) is 6.61. The number of hydrogen-bond donors (Lipinski definition) is 1. The highest BCUT2D eigenvalue weighted by molar-refractivity contribution is 5.59. The van der Waals surface area contributed by atoms with E-state index in [9.17, 15) is 0 Å². The van der Waals surface area contributed by atoms with Crippen LogP contribution in [0.3, 0.4) is 0 Å². The van der Waals surface area contributed by atoms with Crippen molar-refractivity contribution in [3.05, 3.63) is 11.6 Å². The monoisotopic (exact) mass is 266 g/mol. The molecule has 5 heteroatoms.